The summed E-state index contributed by atoms with van der Waals surface area (Å²) in [4.78, 5) is 29.7. The number of carbonyl (C=O) groups excluding carboxylic acids is 1. The van der Waals surface area contributed by atoms with E-state index in [0.29, 0.717) is 69.4 Å². The van der Waals surface area contributed by atoms with Crippen LogP contribution >= 0.6 is 0 Å². The van der Waals surface area contributed by atoms with Crippen LogP contribution in [0.2, 0.25) is 0 Å². The summed E-state index contributed by atoms with van der Waals surface area (Å²) in [7, 11) is 0. The van der Waals surface area contributed by atoms with Gasteiger partial charge >= 0.3 is 0 Å². The van der Waals surface area contributed by atoms with Crippen LogP contribution in [0.25, 0.3) is 0 Å². The third-order valence-corrected chi connectivity index (χ3v) is 6.51. The van der Waals surface area contributed by atoms with E-state index in [1.807, 2.05) is 58.3 Å². The van der Waals surface area contributed by atoms with Gasteiger partial charge in [-0.3, -0.25) is 14.6 Å². The number of ketones is 1. The number of aliphatic hydroxyl groups excluding tert-OH is 4. The number of carbonyl (C=O) groups is 1. The second-order valence-corrected chi connectivity index (χ2v) is 9.62. The maximum atomic E-state index is 12.3. The Morgan fingerprint density at radius 1 is 0.690 bits per heavy atom. The molecule has 8 N–H and O–H groups in total. The van der Waals surface area contributed by atoms with E-state index >= 15 is 0 Å². The Bertz CT molecular complexity index is 1190. The first-order valence-corrected chi connectivity index (χ1v) is 14.1. The largest absolute Gasteiger partial charge is 0.395 e. The lowest BCUT2D eigenvalue weighted by atomic mass is 10.1. The fourth-order valence-electron chi connectivity index (χ4n) is 4.28. The van der Waals surface area contributed by atoms with Gasteiger partial charge < -0.3 is 36.8 Å². The molecule has 0 unspecified atom stereocenters. The summed E-state index contributed by atoms with van der Waals surface area (Å²) in [6.45, 7) is 4.84. The first-order chi connectivity index (χ1) is 20.4. The van der Waals surface area contributed by atoms with E-state index in [9.17, 15) is 4.79 Å². The first kappa shape index (κ1) is 32.8. The maximum Gasteiger partial charge on any atom is 0.203 e. The van der Waals surface area contributed by atoms with E-state index in [-0.39, 0.29) is 50.3 Å². The topological polar surface area (TPSA) is 192 Å². The molecule has 0 saturated heterocycles. The van der Waals surface area contributed by atoms with Gasteiger partial charge in [0.05, 0.1) is 49.9 Å². The van der Waals surface area contributed by atoms with Crippen molar-refractivity contribution in [2.24, 2.45) is 20.7 Å². The Hall–Kier alpha value is -3.72. The number of benzene rings is 2. The number of hydrogen-bond donors (Lipinski definition) is 7. The zero-order valence-corrected chi connectivity index (χ0v) is 23.8. The van der Waals surface area contributed by atoms with Gasteiger partial charge in [-0.2, -0.15) is 0 Å². The number of amidine groups is 2. The standard InChI is InChI=1S/C29H42N8O5/c30-28-27(42)21-26(33-24-5-1-22(2-6-24)31-9-11-36(13-17-38)14-18-39)29(35-28)34-25-7-3-23(4-8-25)32-10-12-37(15-19-40)16-20-41/h1-8,31-32,38-41H,9-21H2,(H2,30,34,35). The van der Waals surface area contributed by atoms with Crippen molar-refractivity contribution in [3.05, 3.63) is 48.5 Å². The summed E-state index contributed by atoms with van der Waals surface area (Å²) >= 11 is 0. The Morgan fingerprint density at radius 3 is 1.55 bits per heavy atom. The average molecular weight is 583 g/mol. The van der Waals surface area contributed by atoms with Crippen LogP contribution in [0, 0.1) is 0 Å². The minimum atomic E-state index is -0.308. The number of nitrogens with one attached hydrogen (secondary N) is 2. The smallest absolute Gasteiger partial charge is 0.203 e. The van der Waals surface area contributed by atoms with Crippen molar-refractivity contribution in [3.63, 3.8) is 0 Å². The third kappa shape index (κ3) is 10.9. The maximum absolute atomic E-state index is 12.3. The summed E-state index contributed by atoms with van der Waals surface area (Å²) in [6.07, 6.45) is -0.00244. The highest BCUT2D eigenvalue weighted by Crippen LogP contribution is 2.21. The van der Waals surface area contributed by atoms with Crippen molar-refractivity contribution in [3.8, 4) is 0 Å². The van der Waals surface area contributed by atoms with Crippen LogP contribution in [0.4, 0.5) is 22.7 Å². The van der Waals surface area contributed by atoms with Crippen molar-refractivity contribution in [2.75, 3.05) is 89.4 Å². The second-order valence-electron chi connectivity index (χ2n) is 9.62. The predicted octanol–water partition coefficient (Wildman–Crippen LogP) is 0.216. The molecule has 2 aromatic rings. The molecule has 0 aliphatic carbocycles. The van der Waals surface area contributed by atoms with Crippen LogP contribution in [0.15, 0.2) is 63.5 Å². The molecule has 1 heterocycles. The summed E-state index contributed by atoms with van der Waals surface area (Å²) < 4.78 is 0. The van der Waals surface area contributed by atoms with E-state index in [4.69, 9.17) is 26.2 Å². The Balaban J connectivity index is 1.64. The van der Waals surface area contributed by atoms with E-state index in [1.54, 1.807) is 0 Å². The van der Waals surface area contributed by atoms with Gasteiger partial charge in [0.2, 0.25) is 5.78 Å². The molecule has 1 aliphatic heterocycles. The molecule has 2 aromatic carbocycles. The van der Waals surface area contributed by atoms with Crippen LogP contribution < -0.4 is 16.4 Å². The normalized spacial score (nSPS) is 15.6. The van der Waals surface area contributed by atoms with Crippen molar-refractivity contribution in [2.45, 2.75) is 6.42 Å². The Morgan fingerprint density at radius 2 is 1.12 bits per heavy atom. The van der Waals surface area contributed by atoms with Crippen molar-refractivity contribution in [1.29, 1.82) is 0 Å². The van der Waals surface area contributed by atoms with Gasteiger partial charge in [-0.1, -0.05) is 0 Å². The number of Topliss-reactive ketones (excluding diaryl/α,β-unsaturated/α-hetero) is 1. The fourth-order valence-corrected chi connectivity index (χ4v) is 4.28. The number of aliphatic imine (C=N–C) groups is 3. The summed E-state index contributed by atoms with van der Waals surface area (Å²) in [5.74, 6) is -0.124. The van der Waals surface area contributed by atoms with Gasteiger partial charge in [-0.05, 0) is 48.5 Å². The molecule has 0 atom stereocenters. The zero-order valence-electron chi connectivity index (χ0n) is 23.8. The van der Waals surface area contributed by atoms with E-state index < -0.39 is 0 Å². The number of hydrogen-bond acceptors (Lipinski definition) is 12. The molecular formula is C29H42N8O5. The molecular weight excluding hydrogens is 540 g/mol. The molecule has 0 aromatic heterocycles. The van der Waals surface area contributed by atoms with Gasteiger partial charge in [-0.25, -0.2) is 15.0 Å². The van der Waals surface area contributed by atoms with Crippen LogP contribution in [0.3, 0.4) is 0 Å². The lowest BCUT2D eigenvalue weighted by Crippen LogP contribution is -2.35. The quantitative estimate of drug-likeness (QED) is 0.128. The Kier molecular flexibility index (Phi) is 14.0. The first-order valence-electron chi connectivity index (χ1n) is 14.1. The fraction of sp³-hybridized carbons (Fsp3) is 0.448. The van der Waals surface area contributed by atoms with Crippen molar-refractivity contribution < 1.29 is 25.2 Å². The van der Waals surface area contributed by atoms with E-state index in [0.717, 1.165) is 11.4 Å². The molecule has 13 nitrogen and oxygen atoms in total. The lowest BCUT2D eigenvalue weighted by molar-refractivity contribution is -0.112. The highest BCUT2D eigenvalue weighted by Gasteiger charge is 2.23. The number of rotatable bonds is 18. The van der Waals surface area contributed by atoms with E-state index in [1.165, 1.54) is 0 Å². The number of anilines is 2. The highest BCUT2D eigenvalue weighted by molar-refractivity contribution is 6.58. The van der Waals surface area contributed by atoms with Crippen LogP contribution in [-0.4, -0.2) is 132 Å². The average Bonchev–Trinajstić information content (AvgIpc) is 2.98. The number of nitrogens with two attached hydrogens (primary N) is 1. The van der Waals surface area contributed by atoms with Gasteiger partial charge in [0, 0.05) is 63.7 Å². The molecule has 0 amide bonds. The number of aliphatic hydroxyl groups is 4. The second kappa shape index (κ2) is 18.0. The SMILES string of the molecule is NC1=NC(=Nc2ccc(NCCN(CCO)CCO)cc2)C(=Nc2ccc(NCCN(CCO)CCO)cc2)CC1=O. The van der Waals surface area contributed by atoms with Crippen LogP contribution in [-0.2, 0) is 4.79 Å². The van der Waals surface area contributed by atoms with Crippen LogP contribution in [0.1, 0.15) is 6.42 Å². The molecule has 0 saturated carbocycles. The summed E-state index contributed by atoms with van der Waals surface area (Å²) in [5, 5.41) is 43.2. The van der Waals surface area contributed by atoms with E-state index in [2.05, 4.69) is 25.6 Å². The number of nitrogens with zero attached hydrogens (tertiary/aromatic N) is 5. The van der Waals surface area contributed by atoms with Crippen molar-refractivity contribution >= 4 is 45.9 Å². The summed E-state index contributed by atoms with van der Waals surface area (Å²) in [5.41, 5.74) is 9.32. The van der Waals surface area contributed by atoms with Gasteiger partial charge in [0.1, 0.15) is 0 Å². The monoisotopic (exact) mass is 582 g/mol. The minimum Gasteiger partial charge on any atom is -0.395 e. The molecule has 42 heavy (non-hydrogen) atoms. The molecule has 0 radical (unpaired) electrons. The Labute approximate surface area is 246 Å². The van der Waals surface area contributed by atoms with Gasteiger partial charge in [0.25, 0.3) is 0 Å². The molecule has 228 valence electrons. The molecule has 1 aliphatic rings. The molecule has 0 fully saturated rings. The molecule has 3 rings (SSSR count). The summed E-state index contributed by atoms with van der Waals surface area (Å²) in [6, 6.07) is 14.9. The van der Waals surface area contributed by atoms with Crippen molar-refractivity contribution in [1.82, 2.24) is 9.80 Å². The molecule has 13 heteroatoms. The highest BCUT2D eigenvalue weighted by atomic mass is 16.3. The lowest BCUT2D eigenvalue weighted by Gasteiger charge is -2.20. The minimum absolute atomic E-state index is 0.00244. The molecule has 0 bridgehead atoms. The third-order valence-electron chi connectivity index (χ3n) is 6.51. The van der Waals surface area contributed by atoms with Crippen LogP contribution in [0.5, 0.6) is 0 Å². The van der Waals surface area contributed by atoms with Gasteiger partial charge in [0.15, 0.2) is 11.7 Å². The molecule has 0 spiro atoms. The zero-order chi connectivity index (χ0) is 30.2. The predicted molar refractivity (Wildman–Crippen MR) is 167 cm³/mol. The van der Waals surface area contributed by atoms with Gasteiger partial charge in [-0.15, -0.1) is 0 Å².